The summed E-state index contributed by atoms with van der Waals surface area (Å²) in [5.41, 5.74) is 5.02. The summed E-state index contributed by atoms with van der Waals surface area (Å²) in [6, 6.07) is 10.7. The van der Waals surface area contributed by atoms with Crippen LogP contribution in [-0.2, 0) is 20.8 Å². The predicted molar refractivity (Wildman–Crippen MR) is 147 cm³/mol. The molecule has 5 atom stereocenters. The number of hydrogen-bond acceptors (Lipinski definition) is 8. The van der Waals surface area contributed by atoms with E-state index in [1.54, 1.807) is 50.2 Å². The van der Waals surface area contributed by atoms with Crippen LogP contribution >= 0.6 is 23.4 Å². The SMILES string of the molecule is CC1(C)S[C@@H]2[C@H](NC(=O)Cc3cccc(NC(=O)N4CC5C(c6ccc(Cl)cc6)NN5C4=O)c3)C(=O)N2[C@H]1C(=O)[O-].[Na+]. The molecule has 6 rings (SSSR count). The maximum Gasteiger partial charge on any atom is 1.00 e. The van der Waals surface area contributed by atoms with Crippen molar-refractivity contribution in [2.24, 2.45) is 0 Å². The van der Waals surface area contributed by atoms with Crippen molar-refractivity contribution in [1.29, 1.82) is 0 Å². The molecule has 12 nitrogen and oxygen atoms in total. The third-order valence-electron chi connectivity index (χ3n) is 7.80. The molecule has 0 spiro atoms. The second kappa shape index (κ2) is 11.4. The van der Waals surface area contributed by atoms with Gasteiger partial charge in [0.05, 0.1) is 37.1 Å². The molecule has 0 aliphatic carbocycles. The van der Waals surface area contributed by atoms with Crippen molar-refractivity contribution in [3.63, 3.8) is 0 Å². The minimum absolute atomic E-state index is 0. The van der Waals surface area contributed by atoms with Gasteiger partial charge in [0.15, 0.2) is 0 Å². The number of hydrazine groups is 1. The minimum atomic E-state index is -1.32. The Bertz CT molecular complexity index is 1480. The van der Waals surface area contributed by atoms with E-state index in [0.717, 1.165) is 10.5 Å². The fourth-order valence-corrected chi connectivity index (χ4v) is 7.55. The van der Waals surface area contributed by atoms with Crippen LogP contribution < -0.4 is 50.7 Å². The van der Waals surface area contributed by atoms with Gasteiger partial charge in [-0.3, -0.25) is 14.6 Å². The van der Waals surface area contributed by atoms with Crippen LogP contribution in [0.15, 0.2) is 48.5 Å². The summed E-state index contributed by atoms with van der Waals surface area (Å²) in [5.74, 6) is -2.19. The Morgan fingerprint density at radius 2 is 1.86 bits per heavy atom. The van der Waals surface area contributed by atoms with Gasteiger partial charge >= 0.3 is 41.6 Å². The zero-order chi connectivity index (χ0) is 29.2. The maximum atomic E-state index is 13.0. The number of carbonyl (C=O) groups excluding carboxylic acids is 5. The van der Waals surface area contributed by atoms with Crippen LogP contribution in [0.1, 0.15) is 31.0 Å². The monoisotopic (exact) mass is 620 g/mol. The summed E-state index contributed by atoms with van der Waals surface area (Å²) in [5, 5.41) is 18.6. The summed E-state index contributed by atoms with van der Waals surface area (Å²) in [6.45, 7) is 3.66. The number of thioether (sulfide) groups is 1. The quantitative estimate of drug-likeness (QED) is 0.250. The number of nitrogens with one attached hydrogen (secondary N) is 3. The van der Waals surface area contributed by atoms with Crippen LogP contribution in [0.4, 0.5) is 15.3 Å². The Labute approximate surface area is 272 Å². The number of nitrogens with zero attached hydrogens (tertiary/aromatic N) is 3. The van der Waals surface area contributed by atoms with E-state index in [1.165, 1.54) is 21.7 Å². The average Bonchev–Trinajstić information content (AvgIpc) is 3.30. The number of carbonyl (C=O) groups is 5. The van der Waals surface area contributed by atoms with Crippen LogP contribution in [0.3, 0.4) is 0 Å². The van der Waals surface area contributed by atoms with Gasteiger partial charge in [-0.1, -0.05) is 35.9 Å². The Kier molecular flexibility index (Phi) is 8.29. The van der Waals surface area contributed by atoms with Crippen molar-refractivity contribution in [2.75, 3.05) is 11.9 Å². The van der Waals surface area contributed by atoms with Gasteiger partial charge in [0.2, 0.25) is 11.8 Å². The van der Waals surface area contributed by atoms with Crippen LogP contribution in [0.2, 0.25) is 5.02 Å². The number of β-lactam (4-membered cyclic amide) rings is 1. The molecule has 42 heavy (non-hydrogen) atoms. The number of fused-ring (bicyclic) bond motifs is 2. The number of carboxylic acids is 1. The second-order valence-electron chi connectivity index (χ2n) is 10.9. The smallest absolute Gasteiger partial charge is 0.548 e. The largest absolute Gasteiger partial charge is 1.00 e. The van der Waals surface area contributed by atoms with Gasteiger partial charge in [-0.2, -0.15) is 0 Å². The van der Waals surface area contributed by atoms with Crippen molar-refractivity contribution in [2.45, 2.75) is 54.6 Å². The molecular formula is C27H26ClN6NaO6S. The molecule has 4 saturated heterocycles. The van der Waals surface area contributed by atoms with Gasteiger partial charge in [0.1, 0.15) is 11.4 Å². The van der Waals surface area contributed by atoms with E-state index in [1.807, 2.05) is 12.1 Å². The standard InChI is InChI=1S/C27H27ClN6O6S.Na/c1-27(2)21(24(37)38)33-22(36)20(23(33)41-27)30-18(35)11-13-4-3-5-16(10-13)29-25(39)32-12-17-19(31-34(17)26(32)40)14-6-8-15(28)9-7-14;/h3-10,17,19-21,23,31H,11-12H2,1-2H3,(H,29,39)(H,30,35)(H,37,38);/q;+1/p-1/t17?,19?,20-,21+,23-;/m1./s1. The third-order valence-corrected chi connectivity index (χ3v) is 9.62. The van der Waals surface area contributed by atoms with Crippen molar-refractivity contribution < 1.29 is 58.6 Å². The Morgan fingerprint density at radius 1 is 1.14 bits per heavy atom. The molecular weight excluding hydrogens is 595 g/mol. The fraction of sp³-hybridized carbons (Fsp3) is 0.370. The molecule has 2 aromatic rings. The van der Waals surface area contributed by atoms with Crippen LogP contribution in [-0.4, -0.2) is 79.4 Å². The Balaban J connectivity index is 0.00000353. The molecule has 2 aromatic carbocycles. The number of anilines is 1. The minimum Gasteiger partial charge on any atom is -0.548 e. The van der Waals surface area contributed by atoms with E-state index in [0.29, 0.717) is 16.3 Å². The van der Waals surface area contributed by atoms with Gasteiger partial charge in [-0.25, -0.2) is 19.9 Å². The predicted octanol–water partition coefficient (Wildman–Crippen LogP) is -1.92. The molecule has 4 heterocycles. The first-order valence-corrected chi connectivity index (χ1v) is 14.2. The molecule has 2 unspecified atom stereocenters. The van der Waals surface area contributed by atoms with Gasteiger partial charge in [0, 0.05) is 15.5 Å². The van der Waals surface area contributed by atoms with Crippen LogP contribution in [0, 0.1) is 0 Å². The number of amides is 6. The van der Waals surface area contributed by atoms with E-state index in [2.05, 4.69) is 16.1 Å². The number of halogens is 1. The second-order valence-corrected chi connectivity index (χ2v) is 13.1. The molecule has 6 amide bonds. The van der Waals surface area contributed by atoms with Gasteiger partial charge in [-0.15, -0.1) is 11.8 Å². The topological polar surface area (TPSA) is 154 Å². The molecule has 0 aromatic heterocycles. The van der Waals surface area contributed by atoms with Gasteiger partial charge in [0.25, 0.3) is 0 Å². The molecule has 4 aliphatic rings. The number of urea groups is 2. The fourth-order valence-electron chi connectivity index (χ4n) is 5.80. The van der Waals surface area contributed by atoms with Crippen LogP contribution in [0.5, 0.6) is 0 Å². The summed E-state index contributed by atoms with van der Waals surface area (Å²) >= 11 is 7.28. The molecule has 214 valence electrons. The van der Waals surface area contributed by atoms with Crippen molar-refractivity contribution in [1.82, 2.24) is 25.6 Å². The Hall–Kier alpha value is -2.81. The summed E-state index contributed by atoms with van der Waals surface area (Å²) in [6.07, 6.45) is -0.0661. The number of rotatable bonds is 6. The molecule has 4 fully saturated rings. The summed E-state index contributed by atoms with van der Waals surface area (Å²) in [7, 11) is 0. The molecule has 0 bridgehead atoms. The summed E-state index contributed by atoms with van der Waals surface area (Å²) in [4.78, 5) is 65.1. The number of aliphatic carboxylic acids is 1. The van der Waals surface area contributed by atoms with Crippen molar-refractivity contribution >= 4 is 58.9 Å². The van der Waals surface area contributed by atoms with Crippen molar-refractivity contribution in [3.05, 3.63) is 64.7 Å². The average molecular weight is 621 g/mol. The normalized spacial score (nSPS) is 26.8. The van der Waals surface area contributed by atoms with Gasteiger partial charge in [-0.05, 0) is 49.2 Å². The molecule has 15 heteroatoms. The number of hydrogen-bond donors (Lipinski definition) is 3. The van der Waals surface area contributed by atoms with Crippen LogP contribution in [0.25, 0.3) is 0 Å². The zero-order valence-corrected chi connectivity index (χ0v) is 26.6. The Morgan fingerprint density at radius 3 is 2.55 bits per heavy atom. The number of benzene rings is 2. The molecule has 0 radical (unpaired) electrons. The van der Waals surface area contributed by atoms with E-state index in [-0.39, 0.29) is 54.6 Å². The number of imide groups is 1. The summed E-state index contributed by atoms with van der Waals surface area (Å²) < 4.78 is -0.745. The molecule has 0 saturated carbocycles. The maximum absolute atomic E-state index is 13.0. The van der Waals surface area contributed by atoms with Gasteiger partial charge < -0.3 is 25.4 Å². The van der Waals surface area contributed by atoms with Crippen molar-refractivity contribution in [3.8, 4) is 0 Å². The molecule has 3 N–H and O–H groups in total. The van der Waals surface area contributed by atoms with E-state index in [9.17, 15) is 29.1 Å². The first-order chi connectivity index (χ1) is 19.4. The first-order valence-electron chi connectivity index (χ1n) is 13.0. The molecule has 4 aliphatic heterocycles. The first kappa shape index (κ1) is 30.6. The zero-order valence-electron chi connectivity index (χ0n) is 23.0. The number of carboxylic acid groups (broad SMARTS) is 1. The van der Waals surface area contributed by atoms with E-state index in [4.69, 9.17) is 11.6 Å². The van der Waals surface area contributed by atoms with E-state index >= 15 is 0 Å². The van der Waals surface area contributed by atoms with E-state index < -0.39 is 52.1 Å². The third kappa shape index (κ3) is 5.26.